The van der Waals surface area contributed by atoms with Crippen molar-refractivity contribution in [2.45, 2.75) is 39.2 Å². The van der Waals surface area contributed by atoms with Gasteiger partial charge in [-0.2, -0.15) is 0 Å². The van der Waals surface area contributed by atoms with Crippen LogP contribution in [0.5, 0.6) is 0 Å². The van der Waals surface area contributed by atoms with Gasteiger partial charge in [0.05, 0.1) is 0 Å². The van der Waals surface area contributed by atoms with Crippen molar-refractivity contribution in [1.82, 2.24) is 5.32 Å². The number of halogens is 1. The SMILES string of the molecule is CCC(C)(CC)NC(=O)C#CBr. The largest absolute Gasteiger partial charge is 0.340 e. The molecule has 0 heterocycles. The van der Waals surface area contributed by atoms with E-state index in [9.17, 15) is 4.79 Å². The van der Waals surface area contributed by atoms with Gasteiger partial charge in [-0.05, 0) is 24.6 Å². The Kier molecular flexibility index (Phi) is 5.00. The molecule has 68 valence electrons. The highest BCUT2D eigenvalue weighted by Gasteiger charge is 2.20. The summed E-state index contributed by atoms with van der Waals surface area (Å²) < 4.78 is 0. The van der Waals surface area contributed by atoms with E-state index < -0.39 is 0 Å². The minimum Gasteiger partial charge on any atom is -0.340 e. The number of nitrogens with one attached hydrogen (secondary N) is 1. The molecule has 0 aliphatic carbocycles. The number of rotatable bonds is 3. The highest BCUT2D eigenvalue weighted by Crippen LogP contribution is 2.12. The molecule has 0 aliphatic rings. The summed E-state index contributed by atoms with van der Waals surface area (Å²) in [5.74, 6) is 2.16. The first-order valence-corrected chi connectivity index (χ1v) is 4.81. The van der Waals surface area contributed by atoms with Gasteiger partial charge in [-0.15, -0.1) is 0 Å². The summed E-state index contributed by atoms with van der Waals surface area (Å²) in [5, 5.41) is 2.85. The summed E-state index contributed by atoms with van der Waals surface area (Å²) in [7, 11) is 0. The smallest absolute Gasteiger partial charge is 0.297 e. The summed E-state index contributed by atoms with van der Waals surface area (Å²) >= 11 is 2.88. The zero-order chi connectivity index (χ0) is 9.61. The zero-order valence-electron chi connectivity index (χ0n) is 7.70. The molecule has 2 nitrogen and oxygen atoms in total. The molecule has 0 radical (unpaired) electrons. The molecule has 0 saturated carbocycles. The molecule has 0 saturated heterocycles. The third-order valence-corrected chi connectivity index (χ3v) is 2.33. The van der Waals surface area contributed by atoms with Crippen LogP contribution in [-0.4, -0.2) is 11.4 Å². The van der Waals surface area contributed by atoms with E-state index in [1.54, 1.807) is 0 Å². The molecule has 12 heavy (non-hydrogen) atoms. The number of carbonyl (C=O) groups is 1. The summed E-state index contributed by atoms with van der Waals surface area (Å²) in [6.45, 7) is 6.11. The fourth-order valence-electron chi connectivity index (χ4n) is 0.775. The van der Waals surface area contributed by atoms with Crippen molar-refractivity contribution in [2.75, 3.05) is 0 Å². The van der Waals surface area contributed by atoms with Crippen LogP contribution in [0.25, 0.3) is 0 Å². The van der Waals surface area contributed by atoms with E-state index in [0.29, 0.717) is 0 Å². The van der Waals surface area contributed by atoms with E-state index in [0.717, 1.165) is 12.8 Å². The molecule has 0 aromatic heterocycles. The lowest BCUT2D eigenvalue weighted by molar-refractivity contribution is -0.117. The van der Waals surface area contributed by atoms with E-state index in [2.05, 4.69) is 32.0 Å². The molecular formula is C9H14BrNO. The monoisotopic (exact) mass is 231 g/mol. The molecule has 1 N–H and O–H groups in total. The van der Waals surface area contributed by atoms with E-state index in [1.807, 2.05) is 20.8 Å². The van der Waals surface area contributed by atoms with Crippen LogP contribution in [0.1, 0.15) is 33.6 Å². The van der Waals surface area contributed by atoms with Crippen LogP contribution < -0.4 is 5.32 Å². The maximum Gasteiger partial charge on any atom is 0.297 e. The molecule has 1 amide bonds. The van der Waals surface area contributed by atoms with E-state index in [-0.39, 0.29) is 11.4 Å². The zero-order valence-corrected chi connectivity index (χ0v) is 9.29. The van der Waals surface area contributed by atoms with E-state index in [4.69, 9.17) is 0 Å². The van der Waals surface area contributed by atoms with E-state index >= 15 is 0 Å². The average Bonchev–Trinajstić information content (AvgIpc) is 2.05. The molecule has 0 spiro atoms. The summed E-state index contributed by atoms with van der Waals surface area (Å²) in [6.07, 6.45) is 1.83. The maximum atomic E-state index is 11.1. The molecule has 0 aliphatic heterocycles. The van der Waals surface area contributed by atoms with Gasteiger partial charge in [0.15, 0.2) is 0 Å². The fourth-order valence-corrected chi connectivity index (χ4v) is 0.955. The van der Waals surface area contributed by atoms with Gasteiger partial charge >= 0.3 is 0 Å². The van der Waals surface area contributed by atoms with Crippen molar-refractivity contribution in [3.8, 4) is 10.8 Å². The van der Waals surface area contributed by atoms with Crippen LogP contribution in [-0.2, 0) is 4.79 Å². The third-order valence-electron chi connectivity index (χ3n) is 2.14. The summed E-state index contributed by atoms with van der Waals surface area (Å²) in [6, 6.07) is 0. The Balaban J connectivity index is 4.18. The van der Waals surface area contributed by atoms with Crippen LogP contribution >= 0.6 is 15.9 Å². The maximum absolute atomic E-state index is 11.1. The standard InChI is InChI=1S/C9H14BrNO/c1-4-9(3,5-2)11-8(12)6-7-10/h4-5H2,1-3H3,(H,11,12). The van der Waals surface area contributed by atoms with Crippen molar-refractivity contribution in [2.24, 2.45) is 0 Å². The molecule has 0 atom stereocenters. The Bertz CT molecular complexity index is 210. The predicted molar refractivity (Wildman–Crippen MR) is 53.8 cm³/mol. The topological polar surface area (TPSA) is 29.1 Å². The van der Waals surface area contributed by atoms with Gasteiger partial charge < -0.3 is 5.32 Å². The second-order valence-electron chi connectivity index (χ2n) is 2.94. The minimum absolute atomic E-state index is 0.117. The first kappa shape index (κ1) is 11.5. The van der Waals surface area contributed by atoms with Crippen molar-refractivity contribution < 1.29 is 4.79 Å². The van der Waals surface area contributed by atoms with Crippen LogP contribution in [0.3, 0.4) is 0 Å². The second-order valence-corrected chi connectivity index (χ2v) is 3.34. The minimum atomic E-state index is -0.224. The predicted octanol–water partition coefficient (Wildman–Crippen LogP) is 2.04. The molecule has 0 bridgehead atoms. The van der Waals surface area contributed by atoms with Crippen molar-refractivity contribution in [3.63, 3.8) is 0 Å². The molecule has 0 aromatic rings. The Morgan fingerprint density at radius 2 is 2.00 bits per heavy atom. The molecule has 0 fully saturated rings. The van der Waals surface area contributed by atoms with Gasteiger partial charge in [0.2, 0.25) is 0 Å². The molecule has 0 unspecified atom stereocenters. The van der Waals surface area contributed by atoms with E-state index in [1.165, 1.54) is 0 Å². The first-order valence-electron chi connectivity index (χ1n) is 4.01. The molecule has 0 aromatic carbocycles. The van der Waals surface area contributed by atoms with Crippen LogP contribution in [0.2, 0.25) is 0 Å². The van der Waals surface area contributed by atoms with Gasteiger partial charge in [-0.1, -0.05) is 13.8 Å². The fraction of sp³-hybridized carbons (Fsp3) is 0.667. The van der Waals surface area contributed by atoms with Crippen LogP contribution in [0.15, 0.2) is 0 Å². The van der Waals surface area contributed by atoms with Gasteiger partial charge in [0.1, 0.15) is 0 Å². The molecule has 3 heteroatoms. The Hall–Kier alpha value is -0.490. The first-order chi connectivity index (χ1) is 5.58. The lowest BCUT2D eigenvalue weighted by atomic mass is 9.96. The summed E-state index contributed by atoms with van der Waals surface area (Å²) in [5.41, 5.74) is -0.117. The van der Waals surface area contributed by atoms with Crippen molar-refractivity contribution in [1.29, 1.82) is 0 Å². The lowest BCUT2D eigenvalue weighted by Gasteiger charge is -2.26. The molecule has 0 rings (SSSR count). The van der Waals surface area contributed by atoms with Gasteiger partial charge in [-0.25, -0.2) is 0 Å². The van der Waals surface area contributed by atoms with Gasteiger partial charge in [0, 0.05) is 27.4 Å². The van der Waals surface area contributed by atoms with Crippen LogP contribution in [0, 0.1) is 10.8 Å². The van der Waals surface area contributed by atoms with Crippen molar-refractivity contribution >= 4 is 21.8 Å². The average molecular weight is 232 g/mol. The Labute approximate surface area is 82.2 Å². The number of carbonyl (C=O) groups excluding carboxylic acids is 1. The summed E-state index contributed by atoms with van der Waals surface area (Å²) in [4.78, 5) is 13.5. The number of hydrogen-bond donors (Lipinski definition) is 1. The number of amides is 1. The Morgan fingerprint density at radius 3 is 2.33 bits per heavy atom. The Morgan fingerprint density at radius 1 is 1.50 bits per heavy atom. The third kappa shape index (κ3) is 3.77. The quantitative estimate of drug-likeness (QED) is 0.741. The number of hydrogen-bond acceptors (Lipinski definition) is 1. The lowest BCUT2D eigenvalue weighted by Crippen LogP contribution is -2.44. The normalized spacial score (nSPS) is 10.0. The van der Waals surface area contributed by atoms with Gasteiger partial charge in [0.25, 0.3) is 5.91 Å². The van der Waals surface area contributed by atoms with Gasteiger partial charge in [-0.3, -0.25) is 4.79 Å². The molecular weight excluding hydrogens is 218 g/mol. The highest BCUT2D eigenvalue weighted by molar-refractivity contribution is 9.12. The van der Waals surface area contributed by atoms with Crippen LogP contribution in [0.4, 0.5) is 0 Å². The second kappa shape index (κ2) is 5.21. The highest BCUT2D eigenvalue weighted by atomic mass is 79.9. The van der Waals surface area contributed by atoms with Crippen molar-refractivity contribution in [3.05, 3.63) is 0 Å².